The van der Waals surface area contributed by atoms with E-state index in [0.29, 0.717) is 11.3 Å². The number of carbonyl (C=O) groups is 2. The topological polar surface area (TPSA) is 106 Å². The lowest BCUT2D eigenvalue weighted by atomic mass is 9.96. The average Bonchev–Trinajstić information content (AvgIpc) is 3.22. The van der Waals surface area contributed by atoms with Gasteiger partial charge in [0.05, 0.1) is 6.20 Å². The first kappa shape index (κ1) is 19.1. The van der Waals surface area contributed by atoms with Gasteiger partial charge in [-0.2, -0.15) is 5.10 Å². The lowest BCUT2D eigenvalue weighted by molar-refractivity contribution is -0.123. The Kier molecular flexibility index (Phi) is 5.53. The molecule has 0 unspecified atom stereocenters. The van der Waals surface area contributed by atoms with Crippen LogP contribution in [0.25, 0.3) is 5.65 Å². The molecule has 1 aliphatic rings. The van der Waals surface area contributed by atoms with Crippen molar-refractivity contribution in [3.05, 3.63) is 60.0 Å². The first-order valence-corrected chi connectivity index (χ1v) is 9.81. The maximum atomic E-state index is 12.6. The van der Waals surface area contributed by atoms with Crippen LogP contribution in [-0.4, -0.2) is 50.9 Å². The molecular weight excluding hydrogens is 368 g/mol. The van der Waals surface area contributed by atoms with E-state index in [1.54, 1.807) is 24.5 Å². The fourth-order valence-corrected chi connectivity index (χ4v) is 3.68. The molecule has 3 heterocycles. The highest BCUT2D eigenvalue weighted by Gasteiger charge is 2.22. The summed E-state index contributed by atoms with van der Waals surface area (Å²) in [6.07, 6.45) is 5.83. The third-order valence-electron chi connectivity index (χ3n) is 5.44. The van der Waals surface area contributed by atoms with Crippen molar-refractivity contribution in [3.63, 3.8) is 0 Å². The first-order valence-electron chi connectivity index (χ1n) is 9.81. The molecule has 0 aliphatic carbocycles. The molecule has 29 heavy (non-hydrogen) atoms. The number of nitrogens with zero attached hydrogens (tertiary/aromatic N) is 4. The Hall–Kier alpha value is -3.26. The number of hydrogen-bond acceptors (Lipinski definition) is 5. The van der Waals surface area contributed by atoms with Gasteiger partial charge in [-0.3, -0.25) is 9.59 Å². The van der Waals surface area contributed by atoms with Gasteiger partial charge in [0.15, 0.2) is 5.65 Å². The molecule has 2 amide bonds. The third kappa shape index (κ3) is 4.43. The first-order chi connectivity index (χ1) is 14.1. The van der Waals surface area contributed by atoms with Gasteiger partial charge in [-0.05, 0) is 56.1 Å². The molecule has 1 aliphatic heterocycles. The van der Waals surface area contributed by atoms with Crippen LogP contribution in [-0.2, 0) is 11.2 Å². The lowest BCUT2D eigenvalue weighted by Gasteiger charge is -2.30. The van der Waals surface area contributed by atoms with Crippen LogP contribution >= 0.6 is 0 Å². The quantitative estimate of drug-likeness (QED) is 0.664. The number of carbonyl (C=O) groups excluding carboxylic acids is 2. The number of nitrogens with one attached hydrogen (secondary N) is 1. The number of hydrogen-bond donors (Lipinski definition) is 2. The Morgan fingerprint density at radius 2 is 1.83 bits per heavy atom. The van der Waals surface area contributed by atoms with E-state index >= 15 is 0 Å². The van der Waals surface area contributed by atoms with E-state index < -0.39 is 0 Å². The maximum absolute atomic E-state index is 12.6. The summed E-state index contributed by atoms with van der Waals surface area (Å²) in [5.74, 6) is -0.383. The molecule has 4 rings (SSSR count). The molecule has 150 valence electrons. The molecule has 0 spiro atoms. The van der Waals surface area contributed by atoms with Gasteiger partial charge in [-0.15, -0.1) is 0 Å². The molecule has 1 saturated heterocycles. The lowest BCUT2D eigenvalue weighted by Crippen LogP contribution is -2.39. The molecule has 0 radical (unpaired) electrons. The number of likely N-dealkylation sites (tertiary alicyclic amines) is 1. The monoisotopic (exact) mass is 392 g/mol. The number of piperidine rings is 1. The van der Waals surface area contributed by atoms with E-state index in [1.165, 1.54) is 10.1 Å². The van der Waals surface area contributed by atoms with E-state index in [1.807, 2.05) is 24.3 Å². The maximum Gasteiger partial charge on any atom is 0.274 e. The van der Waals surface area contributed by atoms with Crippen molar-refractivity contribution in [1.29, 1.82) is 0 Å². The molecule has 3 aromatic rings. The van der Waals surface area contributed by atoms with Crippen molar-refractivity contribution in [2.75, 3.05) is 25.0 Å². The van der Waals surface area contributed by atoms with Gasteiger partial charge in [0, 0.05) is 30.4 Å². The Balaban J connectivity index is 1.31. The molecule has 1 fully saturated rings. The van der Waals surface area contributed by atoms with Crippen LogP contribution in [0.15, 0.2) is 48.8 Å². The van der Waals surface area contributed by atoms with E-state index in [-0.39, 0.29) is 17.7 Å². The van der Waals surface area contributed by atoms with E-state index in [9.17, 15) is 9.59 Å². The summed E-state index contributed by atoms with van der Waals surface area (Å²) in [4.78, 5) is 30.4. The van der Waals surface area contributed by atoms with E-state index in [4.69, 9.17) is 5.73 Å². The third-order valence-corrected chi connectivity index (χ3v) is 5.44. The van der Waals surface area contributed by atoms with Crippen LogP contribution in [0.3, 0.4) is 0 Å². The number of anilines is 1. The number of fused-ring (bicyclic) bond motifs is 1. The Morgan fingerprint density at radius 1 is 1.07 bits per heavy atom. The zero-order valence-corrected chi connectivity index (χ0v) is 16.1. The summed E-state index contributed by atoms with van der Waals surface area (Å²) in [5, 5.41) is 7.05. The highest BCUT2D eigenvalue weighted by atomic mass is 16.2. The normalized spacial score (nSPS) is 15.4. The largest absolute Gasteiger partial charge is 0.369 e. The van der Waals surface area contributed by atoms with Crippen molar-refractivity contribution >= 4 is 23.1 Å². The molecular formula is C21H24N6O2. The standard InChI is InChI=1S/C21H24N6O2/c22-20(28)16-8-13-26(14-9-16)12-7-15-1-3-17(4-2-15)25-21(29)18-5-10-23-19-6-11-24-27(18)19/h1-6,10-11,16H,7-9,12-14H2,(H2,22,28)(H,25,29). The highest BCUT2D eigenvalue weighted by Crippen LogP contribution is 2.18. The van der Waals surface area contributed by atoms with Crippen LogP contribution in [0, 0.1) is 5.92 Å². The van der Waals surface area contributed by atoms with Gasteiger partial charge in [0.1, 0.15) is 5.69 Å². The van der Waals surface area contributed by atoms with Crippen molar-refractivity contribution < 1.29 is 9.59 Å². The fraction of sp³-hybridized carbons (Fsp3) is 0.333. The van der Waals surface area contributed by atoms with Gasteiger partial charge >= 0.3 is 0 Å². The average molecular weight is 392 g/mol. The van der Waals surface area contributed by atoms with Crippen LogP contribution in [0.2, 0.25) is 0 Å². The number of benzene rings is 1. The predicted octanol–water partition coefficient (Wildman–Crippen LogP) is 1.72. The zero-order chi connectivity index (χ0) is 20.2. The number of amides is 2. The van der Waals surface area contributed by atoms with Crippen LogP contribution < -0.4 is 11.1 Å². The summed E-state index contributed by atoms with van der Waals surface area (Å²) in [6, 6.07) is 11.3. The fourth-order valence-electron chi connectivity index (χ4n) is 3.68. The molecule has 0 saturated carbocycles. The van der Waals surface area contributed by atoms with Gasteiger partial charge < -0.3 is 16.0 Å². The second-order valence-corrected chi connectivity index (χ2v) is 7.35. The predicted molar refractivity (Wildman–Crippen MR) is 109 cm³/mol. The van der Waals surface area contributed by atoms with Crippen molar-refractivity contribution in [2.45, 2.75) is 19.3 Å². The Labute approximate surface area is 168 Å². The second kappa shape index (κ2) is 8.40. The van der Waals surface area contributed by atoms with Gasteiger partial charge in [0.25, 0.3) is 5.91 Å². The number of primary amides is 1. The summed E-state index contributed by atoms with van der Waals surface area (Å²) in [7, 11) is 0. The zero-order valence-electron chi connectivity index (χ0n) is 16.1. The molecule has 0 atom stereocenters. The van der Waals surface area contributed by atoms with Crippen LogP contribution in [0.1, 0.15) is 28.9 Å². The minimum Gasteiger partial charge on any atom is -0.369 e. The highest BCUT2D eigenvalue weighted by molar-refractivity contribution is 6.03. The van der Waals surface area contributed by atoms with Crippen LogP contribution in [0.4, 0.5) is 5.69 Å². The summed E-state index contributed by atoms with van der Waals surface area (Å²) < 4.78 is 1.52. The van der Waals surface area contributed by atoms with Crippen molar-refractivity contribution in [1.82, 2.24) is 19.5 Å². The van der Waals surface area contributed by atoms with E-state index in [0.717, 1.165) is 44.6 Å². The smallest absolute Gasteiger partial charge is 0.274 e. The van der Waals surface area contributed by atoms with E-state index in [2.05, 4.69) is 20.3 Å². The molecule has 0 bridgehead atoms. The second-order valence-electron chi connectivity index (χ2n) is 7.35. The molecule has 3 N–H and O–H groups in total. The minimum absolute atomic E-state index is 0.0255. The number of nitrogens with two attached hydrogens (primary N) is 1. The van der Waals surface area contributed by atoms with Gasteiger partial charge in [-0.1, -0.05) is 12.1 Å². The molecule has 1 aromatic carbocycles. The molecule has 8 nitrogen and oxygen atoms in total. The van der Waals surface area contributed by atoms with Crippen LogP contribution in [0.5, 0.6) is 0 Å². The Morgan fingerprint density at radius 3 is 2.55 bits per heavy atom. The summed E-state index contributed by atoms with van der Waals surface area (Å²) in [6.45, 7) is 2.77. The summed E-state index contributed by atoms with van der Waals surface area (Å²) >= 11 is 0. The number of aromatic nitrogens is 3. The van der Waals surface area contributed by atoms with Crippen molar-refractivity contribution in [2.24, 2.45) is 11.7 Å². The SMILES string of the molecule is NC(=O)C1CCN(CCc2ccc(NC(=O)c3ccnc4ccnn34)cc2)CC1. The molecule has 8 heteroatoms. The van der Waals surface area contributed by atoms with Gasteiger partial charge in [-0.25, -0.2) is 9.50 Å². The summed E-state index contributed by atoms with van der Waals surface area (Å²) in [5.41, 5.74) is 8.40. The Bertz CT molecular complexity index is 1010. The van der Waals surface area contributed by atoms with Gasteiger partial charge in [0.2, 0.25) is 5.91 Å². The minimum atomic E-state index is -0.230. The molecule has 2 aromatic heterocycles. The number of rotatable bonds is 6. The van der Waals surface area contributed by atoms with Crippen molar-refractivity contribution in [3.8, 4) is 0 Å².